The smallest absolute Gasteiger partial charge is 0.303 e. The monoisotopic (exact) mass is 236 g/mol. The highest BCUT2D eigenvalue weighted by Gasteiger charge is 2.33. The lowest BCUT2D eigenvalue weighted by molar-refractivity contribution is -0.140. The normalized spacial score (nSPS) is 22.1. The van der Waals surface area contributed by atoms with E-state index in [-0.39, 0.29) is 11.8 Å². The number of ether oxygens (including phenoxy) is 1. The van der Waals surface area contributed by atoms with Crippen molar-refractivity contribution in [3.63, 3.8) is 0 Å². The van der Waals surface area contributed by atoms with Crippen molar-refractivity contribution >= 4 is 21.9 Å². The van der Waals surface area contributed by atoms with Gasteiger partial charge < -0.3 is 9.84 Å². The standard InChI is InChI=1S/C8H13BrO3/c9-6-8(5-7(10)11)1-3-12-4-2-8/h1-6H2,(H,10,11). The third-order valence-corrected chi connectivity index (χ3v) is 3.55. The Morgan fingerprint density at radius 2 is 2.08 bits per heavy atom. The summed E-state index contributed by atoms with van der Waals surface area (Å²) in [5.74, 6) is -0.712. The molecule has 0 spiro atoms. The van der Waals surface area contributed by atoms with Crippen molar-refractivity contribution in [1.82, 2.24) is 0 Å². The molecule has 0 saturated carbocycles. The Balaban J connectivity index is 2.53. The van der Waals surface area contributed by atoms with Crippen molar-refractivity contribution in [2.24, 2.45) is 5.41 Å². The maximum atomic E-state index is 10.6. The summed E-state index contributed by atoms with van der Waals surface area (Å²) in [5, 5.41) is 9.46. The van der Waals surface area contributed by atoms with Gasteiger partial charge in [0.15, 0.2) is 0 Å². The Labute approximate surface area is 80.2 Å². The van der Waals surface area contributed by atoms with Gasteiger partial charge in [0.05, 0.1) is 6.42 Å². The van der Waals surface area contributed by atoms with Crippen LogP contribution < -0.4 is 0 Å². The minimum atomic E-state index is -0.712. The lowest BCUT2D eigenvalue weighted by Crippen LogP contribution is -2.33. The first-order valence-corrected chi connectivity index (χ1v) is 5.16. The SMILES string of the molecule is O=C(O)CC1(CBr)CCOCC1. The molecule has 1 heterocycles. The number of rotatable bonds is 3. The molecule has 12 heavy (non-hydrogen) atoms. The average Bonchev–Trinajstić information content (AvgIpc) is 2.05. The molecule has 0 atom stereocenters. The summed E-state index contributed by atoms with van der Waals surface area (Å²) in [5.41, 5.74) is -0.0654. The Morgan fingerprint density at radius 3 is 2.50 bits per heavy atom. The molecule has 0 aliphatic carbocycles. The molecule has 1 N–H and O–H groups in total. The van der Waals surface area contributed by atoms with E-state index in [4.69, 9.17) is 9.84 Å². The van der Waals surface area contributed by atoms with Gasteiger partial charge in [0, 0.05) is 18.5 Å². The largest absolute Gasteiger partial charge is 0.481 e. The van der Waals surface area contributed by atoms with Gasteiger partial charge in [-0.25, -0.2) is 0 Å². The number of halogens is 1. The highest BCUT2D eigenvalue weighted by atomic mass is 79.9. The lowest BCUT2D eigenvalue weighted by atomic mass is 9.79. The average molecular weight is 237 g/mol. The number of carboxylic acid groups (broad SMARTS) is 1. The molecule has 0 aromatic carbocycles. The molecule has 1 rings (SSSR count). The number of carbonyl (C=O) groups is 1. The first-order chi connectivity index (χ1) is 5.68. The Kier molecular flexibility index (Phi) is 3.53. The van der Waals surface area contributed by atoms with Crippen LogP contribution in [0.25, 0.3) is 0 Å². The predicted octanol–water partition coefficient (Wildman–Crippen LogP) is 1.65. The molecular weight excluding hydrogens is 224 g/mol. The predicted molar refractivity (Wildman–Crippen MR) is 48.5 cm³/mol. The quantitative estimate of drug-likeness (QED) is 0.759. The fraction of sp³-hybridized carbons (Fsp3) is 0.875. The molecular formula is C8H13BrO3. The number of alkyl halides is 1. The Morgan fingerprint density at radius 1 is 1.50 bits per heavy atom. The molecule has 4 heteroatoms. The van der Waals surface area contributed by atoms with Crippen LogP contribution in [0.1, 0.15) is 19.3 Å². The second-order valence-electron chi connectivity index (χ2n) is 3.32. The van der Waals surface area contributed by atoms with E-state index in [1.54, 1.807) is 0 Å². The van der Waals surface area contributed by atoms with Gasteiger partial charge in [-0.2, -0.15) is 0 Å². The van der Waals surface area contributed by atoms with Gasteiger partial charge in [-0.3, -0.25) is 4.79 Å². The molecule has 0 aromatic heterocycles. The van der Waals surface area contributed by atoms with Crippen LogP contribution in [0.4, 0.5) is 0 Å². The van der Waals surface area contributed by atoms with E-state index in [0.29, 0.717) is 13.2 Å². The van der Waals surface area contributed by atoms with E-state index < -0.39 is 5.97 Å². The number of carboxylic acids is 1. The van der Waals surface area contributed by atoms with Crippen molar-refractivity contribution in [3.8, 4) is 0 Å². The van der Waals surface area contributed by atoms with E-state index in [0.717, 1.165) is 18.2 Å². The summed E-state index contributed by atoms with van der Waals surface area (Å²) in [6.07, 6.45) is 1.96. The van der Waals surface area contributed by atoms with Gasteiger partial charge in [0.1, 0.15) is 0 Å². The third kappa shape index (κ3) is 2.45. The highest BCUT2D eigenvalue weighted by molar-refractivity contribution is 9.09. The van der Waals surface area contributed by atoms with Crippen LogP contribution in [0.15, 0.2) is 0 Å². The van der Waals surface area contributed by atoms with Crippen molar-refractivity contribution in [3.05, 3.63) is 0 Å². The molecule has 0 bridgehead atoms. The molecule has 1 saturated heterocycles. The summed E-state index contributed by atoms with van der Waals surface area (Å²) >= 11 is 3.38. The van der Waals surface area contributed by atoms with Crippen LogP contribution in [0.5, 0.6) is 0 Å². The second-order valence-corrected chi connectivity index (χ2v) is 3.88. The molecule has 1 fully saturated rings. The maximum absolute atomic E-state index is 10.6. The van der Waals surface area contributed by atoms with Gasteiger partial charge in [-0.15, -0.1) is 0 Å². The topological polar surface area (TPSA) is 46.5 Å². The molecule has 0 amide bonds. The fourth-order valence-electron chi connectivity index (χ4n) is 1.48. The zero-order valence-electron chi connectivity index (χ0n) is 6.88. The molecule has 0 unspecified atom stereocenters. The van der Waals surface area contributed by atoms with E-state index in [1.165, 1.54) is 0 Å². The highest BCUT2D eigenvalue weighted by Crippen LogP contribution is 2.35. The van der Waals surface area contributed by atoms with Crippen molar-refractivity contribution < 1.29 is 14.6 Å². The molecule has 1 aliphatic heterocycles. The zero-order valence-corrected chi connectivity index (χ0v) is 8.47. The summed E-state index contributed by atoms with van der Waals surface area (Å²) < 4.78 is 5.19. The van der Waals surface area contributed by atoms with E-state index in [2.05, 4.69) is 15.9 Å². The van der Waals surface area contributed by atoms with Gasteiger partial charge in [0.25, 0.3) is 0 Å². The number of hydrogen-bond donors (Lipinski definition) is 1. The molecule has 1 aliphatic rings. The number of hydrogen-bond acceptors (Lipinski definition) is 2. The van der Waals surface area contributed by atoms with Gasteiger partial charge in [-0.1, -0.05) is 15.9 Å². The van der Waals surface area contributed by atoms with Crippen LogP contribution in [0, 0.1) is 5.41 Å². The van der Waals surface area contributed by atoms with E-state index in [1.807, 2.05) is 0 Å². The van der Waals surface area contributed by atoms with Crippen LogP contribution in [0.3, 0.4) is 0 Å². The van der Waals surface area contributed by atoms with Gasteiger partial charge >= 0.3 is 5.97 Å². The van der Waals surface area contributed by atoms with E-state index >= 15 is 0 Å². The van der Waals surface area contributed by atoms with E-state index in [9.17, 15) is 4.79 Å². The van der Waals surface area contributed by atoms with Crippen molar-refractivity contribution in [1.29, 1.82) is 0 Å². The van der Waals surface area contributed by atoms with Crippen molar-refractivity contribution in [2.45, 2.75) is 19.3 Å². The Hall–Kier alpha value is -0.0900. The third-order valence-electron chi connectivity index (χ3n) is 2.36. The van der Waals surface area contributed by atoms with Crippen LogP contribution in [0.2, 0.25) is 0 Å². The van der Waals surface area contributed by atoms with Crippen LogP contribution in [-0.2, 0) is 9.53 Å². The second kappa shape index (κ2) is 4.23. The van der Waals surface area contributed by atoms with Crippen LogP contribution in [-0.4, -0.2) is 29.6 Å². The minimum Gasteiger partial charge on any atom is -0.481 e. The minimum absolute atomic E-state index is 0.0654. The molecule has 3 nitrogen and oxygen atoms in total. The zero-order chi connectivity index (χ0) is 9.03. The molecule has 0 radical (unpaired) electrons. The summed E-state index contributed by atoms with van der Waals surface area (Å²) in [6, 6.07) is 0. The summed E-state index contributed by atoms with van der Waals surface area (Å²) in [4.78, 5) is 10.6. The van der Waals surface area contributed by atoms with Crippen LogP contribution >= 0.6 is 15.9 Å². The molecule has 0 aromatic rings. The lowest BCUT2D eigenvalue weighted by Gasteiger charge is -2.34. The van der Waals surface area contributed by atoms with Crippen molar-refractivity contribution in [2.75, 3.05) is 18.5 Å². The van der Waals surface area contributed by atoms with Gasteiger partial charge in [0.2, 0.25) is 0 Å². The molecule has 70 valence electrons. The summed E-state index contributed by atoms with van der Waals surface area (Å²) in [7, 11) is 0. The maximum Gasteiger partial charge on any atom is 0.303 e. The van der Waals surface area contributed by atoms with Gasteiger partial charge in [-0.05, 0) is 18.3 Å². The number of aliphatic carboxylic acids is 1. The summed E-state index contributed by atoms with van der Waals surface area (Å²) in [6.45, 7) is 1.39. The Bertz CT molecular complexity index is 164. The first-order valence-electron chi connectivity index (χ1n) is 4.04. The first kappa shape index (κ1) is 9.99. The fourth-order valence-corrected chi connectivity index (χ4v) is 2.24.